The maximum absolute atomic E-state index is 11.9. The van der Waals surface area contributed by atoms with E-state index in [1.165, 1.54) is 7.11 Å². The minimum absolute atomic E-state index is 0.0408. The van der Waals surface area contributed by atoms with Gasteiger partial charge in [0.15, 0.2) is 0 Å². The largest absolute Gasteiger partial charge is 0.508 e. The average molecular weight is 256 g/mol. The van der Waals surface area contributed by atoms with E-state index in [2.05, 4.69) is 4.74 Å². The van der Waals surface area contributed by atoms with E-state index in [4.69, 9.17) is 14.2 Å². The molecule has 18 heavy (non-hydrogen) atoms. The Morgan fingerprint density at radius 1 is 1.56 bits per heavy atom. The number of ether oxygens (including phenoxy) is 4. The Hall–Kier alpha value is -1.30. The van der Waals surface area contributed by atoms with Crippen molar-refractivity contribution in [3.05, 3.63) is 0 Å². The molecule has 6 nitrogen and oxygen atoms in total. The van der Waals surface area contributed by atoms with Crippen LogP contribution in [0.4, 0.5) is 4.79 Å². The van der Waals surface area contributed by atoms with E-state index >= 15 is 0 Å². The van der Waals surface area contributed by atoms with Gasteiger partial charge in [0, 0.05) is 5.92 Å². The van der Waals surface area contributed by atoms with Gasteiger partial charge in [-0.3, -0.25) is 4.79 Å². The highest BCUT2D eigenvalue weighted by molar-refractivity contribution is 5.81. The number of rotatable bonds is 2. The van der Waals surface area contributed by atoms with E-state index < -0.39 is 17.2 Å². The molecule has 3 aliphatic rings. The summed E-state index contributed by atoms with van der Waals surface area (Å²) in [5, 5.41) is 0. The van der Waals surface area contributed by atoms with Crippen LogP contribution in [0, 0.1) is 11.3 Å². The van der Waals surface area contributed by atoms with Crippen molar-refractivity contribution < 1.29 is 28.5 Å². The van der Waals surface area contributed by atoms with Crippen LogP contribution >= 0.6 is 0 Å². The Kier molecular flexibility index (Phi) is 2.35. The molecule has 0 unspecified atom stereocenters. The Labute approximate surface area is 105 Å². The summed E-state index contributed by atoms with van der Waals surface area (Å²) in [5.41, 5.74) is -1.17. The van der Waals surface area contributed by atoms with E-state index in [1.807, 2.05) is 6.92 Å². The van der Waals surface area contributed by atoms with Crippen molar-refractivity contribution in [1.82, 2.24) is 0 Å². The molecule has 3 saturated heterocycles. The fourth-order valence-corrected chi connectivity index (χ4v) is 3.59. The molecule has 0 aliphatic carbocycles. The van der Waals surface area contributed by atoms with E-state index in [0.717, 1.165) is 12.8 Å². The van der Waals surface area contributed by atoms with Crippen LogP contribution in [-0.2, 0) is 23.7 Å². The smallest absolute Gasteiger partial charge is 0.465 e. The van der Waals surface area contributed by atoms with Crippen LogP contribution in [0.3, 0.4) is 0 Å². The fourth-order valence-electron chi connectivity index (χ4n) is 3.59. The summed E-state index contributed by atoms with van der Waals surface area (Å²) < 4.78 is 20.6. The van der Waals surface area contributed by atoms with Gasteiger partial charge in [0.25, 0.3) is 0 Å². The van der Waals surface area contributed by atoms with Crippen LogP contribution < -0.4 is 0 Å². The third-order valence-electron chi connectivity index (χ3n) is 4.66. The SMILES string of the molecule is COC(=O)OC[C@@]12CC[C@@H](O1)[C@]1(C)C(=O)OC[C@H]21. The second-order valence-electron chi connectivity index (χ2n) is 5.39. The normalized spacial score (nSPS) is 44.7. The number of hydrogen-bond acceptors (Lipinski definition) is 6. The van der Waals surface area contributed by atoms with Gasteiger partial charge in [0.05, 0.1) is 19.8 Å². The Bertz CT molecular complexity index is 407. The summed E-state index contributed by atoms with van der Waals surface area (Å²) in [6.07, 6.45) is 0.729. The summed E-state index contributed by atoms with van der Waals surface area (Å²) in [5.74, 6) is -0.238. The lowest BCUT2D eigenvalue weighted by Crippen LogP contribution is -2.47. The molecular formula is C12H16O6. The average Bonchev–Trinajstić information content (AvgIpc) is 2.98. The summed E-state index contributed by atoms with van der Waals surface area (Å²) in [6.45, 7) is 2.35. The van der Waals surface area contributed by atoms with Crippen molar-refractivity contribution in [2.24, 2.45) is 11.3 Å². The van der Waals surface area contributed by atoms with E-state index in [1.54, 1.807) is 0 Å². The molecule has 0 saturated carbocycles. The van der Waals surface area contributed by atoms with Crippen molar-refractivity contribution in [2.45, 2.75) is 31.5 Å². The van der Waals surface area contributed by atoms with Crippen LogP contribution in [0.5, 0.6) is 0 Å². The number of hydrogen-bond donors (Lipinski definition) is 0. The molecule has 0 radical (unpaired) electrons. The predicted molar refractivity (Wildman–Crippen MR) is 57.8 cm³/mol. The third-order valence-corrected chi connectivity index (χ3v) is 4.66. The van der Waals surface area contributed by atoms with Crippen LogP contribution in [0.15, 0.2) is 0 Å². The highest BCUT2D eigenvalue weighted by Crippen LogP contribution is 2.60. The monoisotopic (exact) mass is 256 g/mol. The second kappa shape index (κ2) is 3.60. The highest BCUT2D eigenvalue weighted by Gasteiger charge is 2.72. The Balaban J connectivity index is 1.82. The minimum Gasteiger partial charge on any atom is -0.465 e. The van der Waals surface area contributed by atoms with Crippen molar-refractivity contribution >= 4 is 12.1 Å². The molecule has 3 heterocycles. The fraction of sp³-hybridized carbons (Fsp3) is 0.833. The van der Waals surface area contributed by atoms with Gasteiger partial charge in [-0.15, -0.1) is 0 Å². The van der Waals surface area contributed by atoms with Gasteiger partial charge >= 0.3 is 12.1 Å². The highest BCUT2D eigenvalue weighted by atomic mass is 16.7. The van der Waals surface area contributed by atoms with Gasteiger partial charge in [-0.1, -0.05) is 0 Å². The Morgan fingerprint density at radius 3 is 3.06 bits per heavy atom. The zero-order chi connectivity index (χ0) is 13.0. The number of carbonyl (C=O) groups is 2. The molecule has 3 rings (SSSR count). The quantitative estimate of drug-likeness (QED) is 0.683. The van der Waals surface area contributed by atoms with Gasteiger partial charge in [-0.05, 0) is 19.8 Å². The van der Waals surface area contributed by atoms with Crippen LogP contribution in [-0.4, -0.2) is 44.2 Å². The number of fused-ring (bicyclic) bond motifs is 5. The molecule has 0 N–H and O–H groups in total. The van der Waals surface area contributed by atoms with Gasteiger partial charge < -0.3 is 18.9 Å². The maximum Gasteiger partial charge on any atom is 0.508 e. The van der Waals surface area contributed by atoms with E-state index in [9.17, 15) is 9.59 Å². The molecule has 0 spiro atoms. The standard InChI is InChI=1S/C12H16O6/c1-11-7(5-16-9(11)13)12(4-3-8(11)18-12)6-17-10(14)15-2/h7-8H,3-6H2,1-2H3/t7-,8+,11+,12+/m0/s1. The first-order valence-corrected chi connectivity index (χ1v) is 6.09. The van der Waals surface area contributed by atoms with Crippen LogP contribution in [0.1, 0.15) is 19.8 Å². The molecule has 6 heteroatoms. The van der Waals surface area contributed by atoms with Crippen LogP contribution in [0.25, 0.3) is 0 Å². The van der Waals surface area contributed by atoms with Crippen molar-refractivity contribution in [3.8, 4) is 0 Å². The summed E-state index contributed by atoms with van der Waals surface area (Å²) >= 11 is 0. The molecule has 3 aliphatic heterocycles. The molecule has 0 aromatic heterocycles. The lowest BCUT2D eigenvalue weighted by molar-refractivity contribution is -0.150. The third kappa shape index (κ3) is 1.27. The molecule has 0 amide bonds. The first-order valence-electron chi connectivity index (χ1n) is 6.09. The van der Waals surface area contributed by atoms with Gasteiger partial charge in [-0.2, -0.15) is 0 Å². The molecule has 3 fully saturated rings. The van der Waals surface area contributed by atoms with Gasteiger partial charge in [0.1, 0.15) is 17.6 Å². The Morgan fingerprint density at radius 2 is 2.33 bits per heavy atom. The topological polar surface area (TPSA) is 71.1 Å². The predicted octanol–water partition coefficient (Wildman–Crippen LogP) is 0.880. The lowest BCUT2D eigenvalue weighted by atomic mass is 9.64. The van der Waals surface area contributed by atoms with Gasteiger partial charge in [0.2, 0.25) is 0 Å². The summed E-state index contributed by atoms with van der Waals surface area (Å²) in [4.78, 5) is 22.9. The molecule has 100 valence electrons. The lowest BCUT2D eigenvalue weighted by Gasteiger charge is -2.33. The summed E-state index contributed by atoms with van der Waals surface area (Å²) in [6, 6.07) is 0. The first-order chi connectivity index (χ1) is 8.53. The molecule has 0 aromatic carbocycles. The van der Waals surface area contributed by atoms with Crippen molar-refractivity contribution in [2.75, 3.05) is 20.3 Å². The number of methoxy groups -OCH3 is 1. The zero-order valence-corrected chi connectivity index (χ0v) is 10.4. The molecule has 2 bridgehead atoms. The van der Waals surface area contributed by atoms with Crippen molar-refractivity contribution in [3.63, 3.8) is 0 Å². The number of esters is 1. The zero-order valence-electron chi connectivity index (χ0n) is 10.4. The van der Waals surface area contributed by atoms with Crippen molar-refractivity contribution in [1.29, 1.82) is 0 Å². The molecule has 0 aromatic rings. The minimum atomic E-state index is -0.727. The second-order valence-corrected chi connectivity index (χ2v) is 5.39. The number of cyclic esters (lactones) is 1. The molecular weight excluding hydrogens is 240 g/mol. The summed E-state index contributed by atoms with van der Waals surface area (Å²) in [7, 11) is 1.26. The van der Waals surface area contributed by atoms with E-state index in [-0.39, 0.29) is 24.6 Å². The molecule has 4 atom stereocenters. The van der Waals surface area contributed by atoms with E-state index in [0.29, 0.717) is 6.61 Å². The first kappa shape index (κ1) is 11.8. The van der Waals surface area contributed by atoms with Gasteiger partial charge in [-0.25, -0.2) is 4.79 Å². The maximum atomic E-state index is 11.9. The number of carbonyl (C=O) groups excluding carboxylic acids is 2. The van der Waals surface area contributed by atoms with Crippen LogP contribution in [0.2, 0.25) is 0 Å².